The van der Waals surface area contributed by atoms with Crippen LogP contribution in [0, 0.1) is 17.1 Å². The molecule has 0 amide bonds. The lowest BCUT2D eigenvalue weighted by Crippen LogP contribution is -1.92. The number of nitriles is 1. The number of rotatable bonds is 5. The Bertz CT molecular complexity index is 981. The summed E-state index contributed by atoms with van der Waals surface area (Å²) in [5.41, 5.74) is 1.87. The minimum atomic E-state index is -0.305. The first-order valence-electron chi connectivity index (χ1n) is 7.84. The van der Waals surface area contributed by atoms with E-state index in [9.17, 15) is 9.65 Å². The zero-order valence-electron chi connectivity index (χ0n) is 14.3. The van der Waals surface area contributed by atoms with Gasteiger partial charge in [0.05, 0.1) is 25.9 Å². The summed E-state index contributed by atoms with van der Waals surface area (Å²) >= 11 is 0. The molecule has 130 valence electrons. The van der Waals surface area contributed by atoms with E-state index in [-0.39, 0.29) is 5.82 Å². The maximum absolute atomic E-state index is 13.0. The number of ether oxygens (including phenoxy) is 2. The second-order valence-corrected chi connectivity index (χ2v) is 5.45. The number of hydrogen-bond acceptors (Lipinski definition) is 4. The monoisotopic (exact) mass is 349 g/mol. The van der Waals surface area contributed by atoms with E-state index in [2.05, 4.69) is 6.07 Å². The molecule has 0 fully saturated rings. The van der Waals surface area contributed by atoms with Crippen LogP contribution in [0.2, 0.25) is 0 Å². The molecule has 0 aliphatic carbocycles. The molecular formula is C21H16FNO3. The summed E-state index contributed by atoms with van der Waals surface area (Å²) in [5, 5.41) is 9.51. The van der Waals surface area contributed by atoms with E-state index >= 15 is 0 Å². The van der Waals surface area contributed by atoms with Gasteiger partial charge in [0.15, 0.2) is 11.5 Å². The Morgan fingerprint density at radius 3 is 2.38 bits per heavy atom. The molecule has 1 aromatic heterocycles. The maximum atomic E-state index is 13.0. The van der Waals surface area contributed by atoms with E-state index in [1.807, 2.05) is 0 Å². The summed E-state index contributed by atoms with van der Waals surface area (Å²) in [6.07, 6.45) is 1.65. The van der Waals surface area contributed by atoms with Gasteiger partial charge in [0.2, 0.25) is 0 Å². The Balaban J connectivity index is 1.93. The van der Waals surface area contributed by atoms with Gasteiger partial charge in [-0.15, -0.1) is 0 Å². The van der Waals surface area contributed by atoms with E-state index in [0.29, 0.717) is 34.2 Å². The highest BCUT2D eigenvalue weighted by atomic mass is 19.1. The molecule has 3 aromatic rings. The molecule has 0 N–H and O–H groups in total. The van der Waals surface area contributed by atoms with E-state index < -0.39 is 0 Å². The molecule has 4 nitrogen and oxygen atoms in total. The van der Waals surface area contributed by atoms with Crippen LogP contribution in [0.5, 0.6) is 11.5 Å². The Kier molecular flexibility index (Phi) is 5.04. The van der Waals surface area contributed by atoms with Gasteiger partial charge in [0.25, 0.3) is 0 Å². The van der Waals surface area contributed by atoms with Crippen molar-refractivity contribution in [2.24, 2.45) is 0 Å². The van der Waals surface area contributed by atoms with Gasteiger partial charge in [-0.1, -0.05) is 0 Å². The van der Waals surface area contributed by atoms with Crippen molar-refractivity contribution in [3.63, 3.8) is 0 Å². The van der Waals surface area contributed by atoms with Crippen LogP contribution in [0.3, 0.4) is 0 Å². The van der Waals surface area contributed by atoms with Crippen LogP contribution in [0.25, 0.3) is 23.0 Å². The maximum Gasteiger partial charge on any atom is 0.161 e. The SMILES string of the molecule is COc1ccc(/C(C#N)=C/c2ccc(-c3ccc(F)cc3)o2)cc1OC. The lowest BCUT2D eigenvalue weighted by Gasteiger charge is -2.08. The molecule has 26 heavy (non-hydrogen) atoms. The lowest BCUT2D eigenvalue weighted by molar-refractivity contribution is 0.355. The fourth-order valence-electron chi connectivity index (χ4n) is 2.53. The van der Waals surface area contributed by atoms with Gasteiger partial charge in [0.1, 0.15) is 17.3 Å². The molecule has 0 saturated carbocycles. The topological polar surface area (TPSA) is 55.4 Å². The van der Waals surface area contributed by atoms with Crippen LogP contribution in [0.15, 0.2) is 59.0 Å². The molecule has 0 bridgehead atoms. The van der Waals surface area contributed by atoms with E-state index in [1.54, 1.807) is 62.8 Å². The van der Waals surface area contributed by atoms with Crippen LogP contribution in [0.1, 0.15) is 11.3 Å². The first-order chi connectivity index (χ1) is 12.6. The van der Waals surface area contributed by atoms with Gasteiger partial charge >= 0.3 is 0 Å². The molecular weight excluding hydrogens is 333 g/mol. The Morgan fingerprint density at radius 1 is 1.00 bits per heavy atom. The van der Waals surface area contributed by atoms with Crippen LogP contribution >= 0.6 is 0 Å². The van der Waals surface area contributed by atoms with E-state index in [1.165, 1.54) is 12.1 Å². The summed E-state index contributed by atoms with van der Waals surface area (Å²) in [7, 11) is 3.09. The Labute approximate surface area is 150 Å². The smallest absolute Gasteiger partial charge is 0.161 e. The lowest BCUT2D eigenvalue weighted by atomic mass is 10.1. The molecule has 0 spiro atoms. The number of benzene rings is 2. The minimum absolute atomic E-state index is 0.305. The highest BCUT2D eigenvalue weighted by molar-refractivity contribution is 5.89. The minimum Gasteiger partial charge on any atom is -0.493 e. The van der Waals surface area contributed by atoms with E-state index in [0.717, 1.165) is 5.56 Å². The van der Waals surface area contributed by atoms with Crippen LogP contribution in [-0.2, 0) is 0 Å². The molecule has 0 aliphatic heterocycles. The molecule has 0 unspecified atom stereocenters. The van der Waals surface area contributed by atoms with Gasteiger partial charge in [0, 0.05) is 5.56 Å². The highest BCUT2D eigenvalue weighted by Gasteiger charge is 2.10. The molecule has 5 heteroatoms. The van der Waals surface area contributed by atoms with Gasteiger partial charge in [-0.25, -0.2) is 4.39 Å². The molecule has 0 radical (unpaired) electrons. The predicted molar refractivity (Wildman–Crippen MR) is 97.1 cm³/mol. The van der Waals surface area contributed by atoms with Crippen molar-refractivity contribution in [1.29, 1.82) is 5.26 Å². The first-order valence-corrected chi connectivity index (χ1v) is 7.84. The summed E-state index contributed by atoms with van der Waals surface area (Å²) in [6, 6.07) is 17.0. The normalized spacial score (nSPS) is 11.1. The zero-order valence-corrected chi connectivity index (χ0v) is 14.3. The molecule has 0 atom stereocenters. The van der Waals surface area contributed by atoms with Crippen molar-refractivity contribution in [2.75, 3.05) is 14.2 Å². The van der Waals surface area contributed by atoms with E-state index in [4.69, 9.17) is 13.9 Å². The number of nitrogens with zero attached hydrogens (tertiary/aromatic N) is 1. The molecule has 0 saturated heterocycles. The third kappa shape index (κ3) is 3.60. The van der Waals surface area contributed by atoms with Crippen LogP contribution in [-0.4, -0.2) is 14.2 Å². The largest absolute Gasteiger partial charge is 0.493 e. The second-order valence-electron chi connectivity index (χ2n) is 5.45. The molecule has 3 rings (SSSR count). The van der Waals surface area contributed by atoms with Crippen molar-refractivity contribution in [3.05, 3.63) is 71.7 Å². The van der Waals surface area contributed by atoms with Gasteiger partial charge in [-0.05, 0) is 66.2 Å². The third-order valence-electron chi connectivity index (χ3n) is 3.86. The summed E-state index contributed by atoms with van der Waals surface area (Å²) in [4.78, 5) is 0. The van der Waals surface area contributed by atoms with Gasteiger partial charge < -0.3 is 13.9 Å². The average molecular weight is 349 g/mol. The summed E-state index contributed by atoms with van der Waals surface area (Å²) < 4.78 is 29.3. The Morgan fingerprint density at radius 2 is 1.73 bits per heavy atom. The number of allylic oxidation sites excluding steroid dienone is 1. The van der Waals surface area contributed by atoms with Gasteiger partial charge in [-0.3, -0.25) is 0 Å². The fourth-order valence-corrected chi connectivity index (χ4v) is 2.53. The van der Waals surface area contributed by atoms with Crippen molar-refractivity contribution in [3.8, 4) is 28.9 Å². The van der Waals surface area contributed by atoms with Crippen LogP contribution < -0.4 is 9.47 Å². The number of halogens is 1. The predicted octanol–water partition coefficient (Wildman–Crippen LogP) is 5.17. The molecule has 2 aromatic carbocycles. The first kappa shape index (κ1) is 17.3. The van der Waals surface area contributed by atoms with Gasteiger partial charge in [-0.2, -0.15) is 5.26 Å². The van der Waals surface area contributed by atoms with Crippen molar-refractivity contribution >= 4 is 11.6 Å². The molecule has 0 aliphatic rings. The second kappa shape index (κ2) is 7.58. The van der Waals surface area contributed by atoms with Crippen LogP contribution in [0.4, 0.5) is 4.39 Å². The van der Waals surface area contributed by atoms with Crippen molar-refractivity contribution in [2.45, 2.75) is 0 Å². The molecule has 1 heterocycles. The quantitative estimate of drug-likeness (QED) is 0.597. The highest BCUT2D eigenvalue weighted by Crippen LogP contribution is 2.31. The summed E-state index contributed by atoms with van der Waals surface area (Å²) in [6.45, 7) is 0. The number of furan rings is 1. The number of methoxy groups -OCH3 is 2. The number of hydrogen-bond donors (Lipinski definition) is 0. The summed E-state index contributed by atoms with van der Waals surface area (Å²) in [5.74, 6) is 1.94. The zero-order chi connectivity index (χ0) is 18.5. The third-order valence-corrected chi connectivity index (χ3v) is 3.86. The van der Waals surface area contributed by atoms with Crippen molar-refractivity contribution in [1.82, 2.24) is 0 Å². The Hall–Kier alpha value is -3.52. The van der Waals surface area contributed by atoms with Crippen molar-refractivity contribution < 1.29 is 18.3 Å². The fraction of sp³-hybridized carbons (Fsp3) is 0.0952. The average Bonchev–Trinajstić information content (AvgIpc) is 3.14. The standard InChI is InChI=1S/C21H16FNO3/c1-24-20-9-5-15(12-21(20)25-2)16(13-23)11-18-8-10-19(26-18)14-3-6-17(22)7-4-14/h3-12H,1-2H3/b16-11+.